The van der Waals surface area contributed by atoms with Crippen LogP contribution in [0.5, 0.6) is 0 Å². The van der Waals surface area contributed by atoms with Gasteiger partial charge in [-0.1, -0.05) is 217 Å². The highest BCUT2D eigenvalue weighted by molar-refractivity contribution is 5.76. The second-order valence-corrected chi connectivity index (χ2v) is 24.3. The van der Waals surface area contributed by atoms with E-state index in [4.69, 9.17) is 28.4 Å². The zero-order valence-corrected chi connectivity index (χ0v) is 52.8. The Hall–Kier alpha value is -2.25. The predicted octanol–water partition coefficient (Wildman–Crippen LogP) is 8.22. The first-order chi connectivity index (χ1) is 41.8. The Morgan fingerprint density at radius 2 is 0.779 bits per heavy atom. The van der Waals surface area contributed by atoms with E-state index in [1.165, 1.54) is 141 Å². The third-order valence-electron chi connectivity index (χ3n) is 16.8. The highest BCUT2D eigenvalue weighted by Crippen LogP contribution is 2.33. The number of carbonyl (C=O) groups excluding carboxylic acids is 1. The number of unbranched alkanes of at least 4 members (excludes halogenated alkanes) is 29. The van der Waals surface area contributed by atoms with Crippen LogP contribution in [0.4, 0.5) is 0 Å². The van der Waals surface area contributed by atoms with Crippen molar-refractivity contribution in [2.24, 2.45) is 0 Å². The number of hydrogen-bond acceptors (Lipinski definition) is 18. The SMILES string of the molecule is CCCCC/C=C\C/C=C\CCCCCCCC(=O)NC(COC1OC(CO)C(OC2OC(CO)C(OC3OC(CO)C(O)C(O)C3O)C(O)C2O)C(O)C1O)C(O)/C=C/CC/C=C/CCCCCCCCCCCCCCCCCCCCCC. The number of rotatable bonds is 51. The van der Waals surface area contributed by atoms with Crippen LogP contribution in [0.25, 0.3) is 0 Å². The number of ether oxygens (including phenoxy) is 6. The topological polar surface area (TPSA) is 307 Å². The molecule has 86 heavy (non-hydrogen) atoms. The predicted molar refractivity (Wildman–Crippen MR) is 332 cm³/mol. The van der Waals surface area contributed by atoms with Crippen molar-refractivity contribution in [2.75, 3.05) is 26.4 Å². The summed E-state index contributed by atoms with van der Waals surface area (Å²) in [5, 5.41) is 120. The molecule has 0 spiro atoms. The van der Waals surface area contributed by atoms with Gasteiger partial charge >= 0.3 is 0 Å². The van der Waals surface area contributed by atoms with E-state index >= 15 is 0 Å². The summed E-state index contributed by atoms with van der Waals surface area (Å²) in [5.74, 6) is -0.299. The second kappa shape index (κ2) is 49.5. The molecule has 19 heteroatoms. The fourth-order valence-corrected chi connectivity index (χ4v) is 11.3. The Morgan fingerprint density at radius 1 is 0.419 bits per heavy atom. The standard InChI is InChI=1S/C67H121NO18/c1-3-5-7-9-11-13-15-17-19-20-21-22-23-24-25-26-27-28-29-31-32-34-36-38-40-42-44-51(72)50(68-55(73)45-43-41-39-37-35-33-30-18-16-14-12-10-8-6-4-2)49-81-65-61(79)58(76)63(53(47-70)83-65)86-67-62(80)59(77)64(54(48-71)84-67)85-66-60(78)57(75)56(74)52(46-69)82-66/h12,14,18,30,34,36,42,44,50-54,56-67,69-72,74-80H,3-11,13,15-17,19-29,31-33,35,37-41,43,45-49H2,1-2H3,(H,68,73)/b14-12-,30-18-,36-34+,44-42+. The fraction of sp³-hybridized carbons (Fsp3) is 0.866. The molecule has 3 rings (SSSR count). The van der Waals surface area contributed by atoms with Crippen molar-refractivity contribution in [3.8, 4) is 0 Å². The van der Waals surface area contributed by atoms with Gasteiger partial charge in [0.1, 0.15) is 73.2 Å². The first-order valence-electron chi connectivity index (χ1n) is 33.9. The van der Waals surface area contributed by atoms with Crippen molar-refractivity contribution in [1.82, 2.24) is 5.32 Å². The van der Waals surface area contributed by atoms with Crippen LogP contribution >= 0.6 is 0 Å². The summed E-state index contributed by atoms with van der Waals surface area (Å²) in [5.41, 5.74) is 0. The lowest BCUT2D eigenvalue weighted by molar-refractivity contribution is -0.379. The fourth-order valence-electron chi connectivity index (χ4n) is 11.3. The first-order valence-corrected chi connectivity index (χ1v) is 33.9. The van der Waals surface area contributed by atoms with Crippen molar-refractivity contribution in [3.63, 3.8) is 0 Å². The van der Waals surface area contributed by atoms with Crippen LogP contribution in [-0.2, 0) is 33.2 Å². The number of aliphatic hydroxyl groups excluding tert-OH is 11. The van der Waals surface area contributed by atoms with Gasteiger partial charge in [-0.05, 0) is 64.2 Å². The zero-order valence-electron chi connectivity index (χ0n) is 52.8. The average Bonchev–Trinajstić information content (AvgIpc) is 2.24. The van der Waals surface area contributed by atoms with Crippen LogP contribution in [0.1, 0.15) is 239 Å². The number of carbonyl (C=O) groups is 1. The number of allylic oxidation sites excluding steroid dienone is 7. The minimum absolute atomic E-state index is 0.218. The quantitative estimate of drug-likeness (QED) is 0.0202. The van der Waals surface area contributed by atoms with Gasteiger partial charge in [0.15, 0.2) is 18.9 Å². The summed E-state index contributed by atoms with van der Waals surface area (Å²) in [7, 11) is 0. The molecule has 3 aliphatic heterocycles. The molecule has 12 N–H and O–H groups in total. The number of nitrogens with one attached hydrogen (secondary N) is 1. The Morgan fingerprint density at radius 3 is 1.26 bits per heavy atom. The van der Waals surface area contributed by atoms with Gasteiger partial charge in [0.2, 0.25) is 5.91 Å². The molecule has 3 aliphatic rings. The van der Waals surface area contributed by atoms with E-state index in [1.54, 1.807) is 6.08 Å². The lowest BCUT2D eigenvalue weighted by atomic mass is 9.96. The van der Waals surface area contributed by atoms with E-state index in [9.17, 15) is 61.0 Å². The molecule has 19 nitrogen and oxygen atoms in total. The van der Waals surface area contributed by atoms with Crippen LogP contribution in [0.3, 0.4) is 0 Å². The van der Waals surface area contributed by atoms with Gasteiger partial charge in [-0.25, -0.2) is 0 Å². The van der Waals surface area contributed by atoms with Crippen LogP contribution in [0, 0.1) is 0 Å². The molecule has 0 radical (unpaired) electrons. The van der Waals surface area contributed by atoms with E-state index in [2.05, 4.69) is 55.6 Å². The summed E-state index contributed by atoms with van der Waals surface area (Å²) in [6, 6.07) is -0.998. The molecule has 3 saturated heterocycles. The van der Waals surface area contributed by atoms with Crippen LogP contribution < -0.4 is 5.32 Å². The van der Waals surface area contributed by atoms with E-state index in [0.717, 1.165) is 64.2 Å². The van der Waals surface area contributed by atoms with E-state index in [-0.39, 0.29) is 18.9 Å². The third kappa shape index (κ3) is 31.7. The maximum Gasteiger partial charge on any atom is 0.220 e. The zero-order chi connectivity index (χ0) is 62.6. The molecule has 502 valence electrons. The van der Waals surface area contributed by atoms with Gasteiger partial charge in [-0.3, -0.25) is 4.79 Å². The van der Waals surface area contributed by atoms with E-state index in [1.807, 2.05) is 6.08 Å². The maximum atomic E-state index is 13.3. The van der Waals surface area contributed by atoms with Gasteiger partial charge in [0.25, 0.3) is 0 Å². The Bertz CT molecular complexity index is 1750. The summed E-state index contributed by atoms with van der Waals surface area (Å²) in [6.07, 6.45) is 31.0. The maximum absolute atomic E-state index is 13.3. The Labute approximate surface area is 516 Å². The minimum atomic E-state index is -1.98. The summed E-state index contributed by atoms with van der Waals surface area (Å²) < 4.78 is 34.3. The van der Waals surface area contributed by atoms with Crippen LogP contribution in [0.2, 0.25) is 0 Å². The molecule has 0 aromatic carbocycles. The van der Waals surface area contributed by atoms with Gasteiger partial charge in [0, 0.05) is 6.42 Å². The minimum Gasteiger partial charge on any atom is -0.394 e. The summed E-state index contributed by atoms with van der Waals surface area (Å²) >= 11 is 0. The highest BCUT2D eigenvalue weighted by atomic mass is 16.8. The number of aliphatic hydroxyl groups is 11. The molecule has 1 amide bonds. The largest absolute Gasteiger partial charge is 0.394 e. The normalized spacial score (nSPS) is 29.1. The molecule has 17 atom stereocenters. The first kappa shape index (κ1) is 78.0. The highest BCUT2D eigenvalue weighted by Gasteiger charge is 2.53. The molecule has 0 aromatic heterocycles. The molecule has 3 heterocycles. The Kier molecular flexibility index (Phi) is 44.8. The Balaban J connectivity index is 1.45. The molecule has 0 bridgehead atoms. The molecule has 3 fully saturated rings. The number of hydrogen-bond donors (Lipinski definition) is 12. The molecule has 0 saturated carbocycles. The number of amides is 1. The summed E-state index contributed by atoms with van der Waals surface area (Å²) in [4.78, 5) is 13.3. The molecule has 0 aliphatic carbocycles. The van der Waals surface area contributed by atoms with Crippen LogP contribution in [-0.4, -0.2) is 193 Å². The van der Waals surface area contributed by atoms with Crippen molar-refractivity contribution >= 4 is 5.91 Å². The summed E-state index contributed by atoms with van der Waals surface area (Å²) in [6.45, 7) is 1.68. The average molecular weight is 1230 g/mol. The van der Waals surface area contributed by atoms with Gasteiger partial charge in [-0.2, -0.15) is 0 Å². The molecular weight excluding hydrogens is 1110 g/mol. The lowest BCUT2D eigenvalue weighted by Gasteiger charge is -2.48. The van der Waals surface area contributed by atoms with Gasteiger partial charge < -0.3 is 89.9 Å². The van der Waals surface area contributed by atoms with E-state index < -0.39 is 124 Å². The van der Waals surface area contributed by atoms with Crippen molar-refractivity contribution in [1.29, 1.82) is 0 Å². The lowest BCUT2D eigenvalue weighted by Crippen LogP contribution is -2.66. The smallest absolute Gasteiger partial charge is 0.220 e. The van der Waals surface area contributed by atoms with Crippen LogP contribution in [0.15, 0.2) is 48.6 Å². The molecular formula is C67H121NO18. The van der Waals surface area contributed by atoms with Crippen molar-refractivity contribution in [2.45, 2.75) is 343 Å². The molecule has 17 unspecified atom stereocenters. The van der Waals surface area contributed by atoms with Gasteiger partial charge in [-0.15, -0.1) is 0 Å². The second-order valence-electron chi connectivity index (χ2n) is 24.3. The molecule has 0 aromatic rings. The van der Waals surface area contributed by atoms with E-state index in [0.29, 0.717) is 12.8 Å². The van der Waals surface area contributed by atoms with Crippen molar-refractivity contribution in [3.05, 3.63) is 48.6 Å². The third-order valence-corrected chi connectivity index (χ3v) is 16.8. The monoisotopic (exact) mass is 1230 g/mol. The van der Waals surface area contributed by atoms with Crippen molar-refractivity contribution < 1.29 is 89.4 Å². The van der Waals surface area contributed by atoms with Gasteiger partial charge in [0.05, 0.1) is 38.6 Å².